The molecule has 7 heteroatoms. The lowest BCUT2D eigenvalue weighted by Crippen LogP contribution is -2.47. The average molecular weight is 351 g/mol. The zero-order valence-corrected chi connectivity index (χ0v) is 18.5. The van der Waals surface area contributed by atoms with E-state index in [9.17, 15) is 4.79 Å². The van der Waals surface area contributed by atoms with Gasteiger partial charge in [-0.05, 0) is 65.8 Å². The van der Waals surface area contributed by atoms with Gasteiger partial charge in [-0.1, -0.05) is 0 Å². The summed E-state index contributed by atoms with van der Waals surface area (Å²) in [5.41, 5.74) is -0.721. The first-order valence-corrected chi connectivity index (χ1v) is 17.8. The molecule has 0 bridgehead atoms. The van der Waals surface area contributed by atoms with E-state index in [2.05, 4.69) is 39.3 Å². The maximum atomic E-state index is 12.6. The molecule has 0 aromatic heterocycles. The highest BCUT2D eigenvalue weighted by Crippen LogP contribution is 2.25. The van der Waals surface area contributed by atoms with Crippen LogP contribution < -0.4 is 0 Å². The predicted octanol–water partition coefficient (Wildman–Crippen LogP) is 4.07. The van der Waals surface area contributed by atoms with Crippen molar-refractivity contribution in [3.05, 3.63) is 0 Å². The minimum atomic E-state index is -1.92. The SMILES string of the molecule is CC(CO[Si](C)(C)C)(CO[Si](C)(C)C)C(=O)O[Si](C)(C)C. The smallest absolute Gasteiger partial charge is 0.303 e. The Morgan fingerprint density at radius 1 is 0.762 bits per heavy atom. The van der Waals surface area contributed by atoms with Gasteiger partial charge in [0.1, 0.15) is 5.41 Å². The van der Waals surface area contributed by atoms with Gasteiger partial charge in [-0.15, -0.1) is 0 Å². The molecule has 0 N–H and O–H groups in total. The summed E-state index contributed by atoms with van der Waals surface area (Å²) < 4.78 is 17.7. The predicted molar refractivity (Wildman–Crippen MR) is 96.1 cm³/mol. The minimum absolute atomic E-state index is 0.182. The molecule has 0 atom stereocenters. The fraction of sp³-hybridized carbons (Fsp3) is 0.929. The quantitative estimate of drug-likeness (QED) is 0.619. The van der Waals surface area contributed by atoms with Gasteiger partial charge in [0.05, 0.1) is 13.2 Å². The Hall–Kier alpha value is 0.0406. The number of rotatable bonds is 8. The van der Waals surface area contributed by atoms with Crippen LogP contribution in [0.3, 0.4) is 0 Å². The summed E-state index contributed by atoms with van der Waals surface area (Å²) in [6, 6.07) is 0. The van der Waals surface area contributed by atoms with E-state index < -0.39 is 30.4 Å². The second-order valence-electron chi connectivity index (χ2n) is 8.86. The van der Waals surface area contributed by atoms with Crippen molar-refractivity contribution in [3.8, 4) is 0 Å². The number of carbonyl (C=O) groups is 1. The van der Waals surface area contributed by atoms with Crippen LogP contribution >= 0.6 is 0 Å². The monoisotopic (exact) mass is 350 g/mol. The third-order valence-electron chi connectivity index (χ3n) is 2.54. The molecule has 0 aromatic carbocycles. The molecule has 0 heterocycles. The highest BCUT2D eigenvalue weighted by molar-refractivity contribution is 6.71. The molecule has 0 saturated heterocycles. The van der Waals surface area contributed by atoms with Crippen molar-refractivity contribution in [2.24, 2.45) is 5.41 Å². The van der Waals surface area contributed by atoms with Crippen LogP contribution in [0.5, 0.6) is 0 Å². The van der Waals surface area contributed by atoms with Gasteiger partial charge in [-0.25, -0.2) is 0 Å². The zero-order valence-electron chi connectivity index (χ0n) is 15.5. The van der Waals surface area contributed by atoms with Gasteiger partial charge in [-0.3, -0.25) is 4.79 Å². The second-order valence-corrected chi connectivity index (χ2v) is 22.3. The number of hydrogen-bond donors (Lipinski definition) is 0. The van der Waals surface area contributed by atoms with Gasteiger partial charge in [0, 0.05) is 0 Å². The topological polar surface area (TPSA) is 44.8 Å². The maximum Gasteiger partial charge on any atom is 0.303 e. The molecule has 0 fully saturated rings. The number of carbonyl (C=O) groups excluding carboxylic acids is 1. The summed E-state index contributed by atoms with van der Waals surface area (Å²) in [4.78, 5) is 12.6. The Morgan fingerprint density at radius 3 is 1.33 bits per heavy atom. The molecule has 0 radical (unpaired) electrons. The molecule has 0 aromatic rings. The summed E-state index contributed by atoms with van der Waals surface area (Å²) in [7, 11) is -5.29. The van der Waals surface area contributed by atoms with Crippen LogP contribution in [0, 0.1) is 5.41 Å². The average Bonchev–Trinajstić information content (AvgIpc) is 2.19. The van der Waals surface area contributed by atoms with Crippen molar-refractivity contribution < 1.29 is 18.1 Å². The zero-order chi connectivity index (χ0) is 17.1. The standard InChI is InChI=1S/C14H34O4Si3/c1-14(11-16-19(2,3)4,12-17-20(5,6)7)13(15)18-21(8,9)10/h11-12H2,1-10H3. The van der Waals surface area contributed by atoms with Crippen LogP contribution in [0.15, 0.2) is 0 Å². The lowest BCUT2D eigenvalue weighted by atomic mass is 9.94. The summed E-state index contributed by atoms with van der Waals surface area (Å²) in [6.45, 7) is 21.4. The van der Waals surface area contributed by atoms with Crippen molar-refractivity contribution in [1.82, 2.24) is 0 Å². The van der Waals surface area contributed by atoms with Crippen LogP contribution in [0.25, 0.3) is 0 Å². The largest absolute Gasteiger partial charge is 0.519 e. The molecule has 0 rings (SSSR count). The summed E-state index contributed by atoms with van der Waals surface area (Å²) in [5, 5.41) is 0. The molecular weight excluding hydrogens is 316 g/mol. The molecule has 21 heavy (non-hydrogen) atoms. The van der Waals surface area contributed by atoms with Gasteiger partial charge in [0.2, 0.25) is 8.32 Å². The molecule has 0 aliphatic carbocycles. The van der Waals surface area contributed by atoms with Crippen LogP contribution in [0.4, 0.5) is 0 Å². The van der Waals surface area contributed by atoms with Crippen LogP contribution in [-0.4, -0.2) is 44.1 Å². The molecule has 0 saturated carbocycles. The molecule has 0 amide bonds. The molecule has 0 spiro atoms. The molecule has 0 aliphatic rings. The van der Waals surface area contributed by atoms with Crippen molar-refractivity contribution in [1.29, 1.82) is 0 Å². The van der Waals surface area contributed by atoms with Crippen LogP contribution in [0.1, 0.15) is 6.92 Å². The first-order chi connectivity index (χ1) is 9.04. The van der Waals surface area contributed by atoms with Gasteiger partial charge in [0.15, 0.2) is 16.6 Å². The Balaban J connectivity index is 5.02. The molecule has 4 nitrogen and oxygen atoms in total. The first kappa shape index (κ1) is 21.0. The minimum Gasteiger partial charge on any atom is -0.519 e. The Labute approximate surface area is 133 Å². The lowest BCUT2D eigenvalue weighted by Gasteiger charge is -2.34. The fourth-order valence-electron chi connectivity index (χ4n) is 1.31. The van der Waals surface area contributed by atoms with Crippen LogP contribution in [0.2, 0.25) is 58.9 Å². The van der Waals surface area contributed by atoms with Crippen LogP contribution in [-0.2, 0) is 18.1 Å². The molecule has 0 aliphatic heterocycles. The fourth-order valence-corrected chi connectivity index (χ4v) is 3.62. The van der Waals surface area contributed by atoms with E-state index in [1.165, 1.54) is 0 Å². The highest BCUT2D eigenvalue weighted by atomic mass is 28.4. The highest BCUT2D eigenvalue weighted by Gasteiger charge is 2.40. The van der Waals surface area contributed by atoms with Gasteiger partial charge >= 0.3 is 5.97 Å². The lowest BCUT2D eigenvalue weighted by molar-refractivity contribution is -0.149. The van der Waals surface area contributed by atoms with Crippen molar-refractivity contribution in [2.75, 3.05) is 13.2 Å². The Bertz CT molecular complexity index is 333. The van der Waals surface area contributed by atoms with E-state index in [0.717, 1.165) is 0 Å². The van der Waals surface area contributed by atoms with E-state index >= 15 is 0 Å². The summed E-state index contributed by atoms with van der Waals surface area (Å²) in [5.74, 6) is -0.182. The van der Waals surface area contributed by atoms with Crippen molar-refractivity contribution in [2.45, 2.75) is 65.8 Å². The van der Waals surface area contributed by atoms with E-state index in [1.807, 2.05) is 26.6 Å². The van der Waals surface area contributed by atoms with E-state index in [0.29, 0.717) is 13.2 Å². The maximum absolute atomic E-state index is 12.6. The van der Waals surface area contributed by atoms with Gasteiger partial charge in [0.25, 0.3) is 0 Å². The normalized spacial score (nSPS) is 14.2. The summed E-state index contributed by atoms with van der Waals surface area (Å²) in [6.07, 6.45) is 0. The van der Waals surface area contributed by atoms with Crippen molar-refractivity contribution in [3.63, 3.8) is 0 Å². The number of hydrogen-bond acceptors (Lipinski definition) is 4. The van der Waals surface area contributed by atoms with Gasteiger partial charge in [-0.2, -0.15) is 0 Å². The third-order valence-corrected chi connectivity index (χ3v) is 5.36. The Kier molecular flexibility index (Phi) is 7.09. The van der Waals surface area contributed by atoms with Gasteiger partial charge < -0.3 is 13.3 Å². The van der Waals surface area contributed by atoms with E-state index in [-0.39, 0.29) is 5.97 Å². The van der Waals surface area contributed by atoms with E-state index in [1.54, 1.807) is 0 Å². The molecule has 126 valence electrons. The summed E-state index contributed by atoms with van der Waals surface area (Å²) >= 11 is 0. The molecular formula is C14H34O4Si3. The molecule has 0 unspecified atom stereocenters. The van der Waals surface area contributed by atoms with E-state index in [4.69, 9.17) is 13.3 Å². The second kappa shape index (κ2) is 7.08. The first-order valence-electron chi connectivity index (χ1n) is 7.56. The third kappa shape index (κ3) is 10.4. The Morgan fingerprint density at radius 2 is 1.10 bits per heavy atom. The van der Waals surface area contributed by atoms with Crippen molar-refractivity contribution >= 4 is 30.9 Å².